The fourth-order valence-electron chi connectivity index (χ4n) is 2.80. The van der Waals surface area contributed by atoms with Gasteiger partial charge in [0.15, 0.2) is 0 Å². The van der Waals surface area contributed by atoms with Gasteiger partial charge < -0.3 is 5.32 Å². The van der Waals surface area contributed by atoms with Crippen molar-refractivity contribution < 1.29 is 14.0 Å². The number of aryl methyl sites for hydroxylation is 2. The Morgan fingerprint density at radius 2 is 2.20 bits per heavy atom. The van der Waals surface area contributed by atoms with Crippen molar-refractivity contribution in [3.8, 4) is 0 Å². The third kappa shape index (κ3) is 4.19. The summed E-state index contributed by atoms with van der Waals surface area (Å²) in [6.45, 7) is 2.60. The first kappa shape index (κ1) is 17.5. The lowest BCUT2D eigenvalue weighted by atomic mass is 10.1. The number of nitrogens with zero attached hydrogens (tertiary/aromatic N) is 3. The Hall–Kier alpha value is -2.35. The molecule has 1 aliphatic rings. The molecule has 2 aromatic rings. The van der Waals surface area contributed by atoms with Crippen molar-refractivity contribution in [2.75, 3.05) is 18.0 Å². The molecule has 1 atom stereocenters. The van der Waals surface area contributed by atoms with E-state index in [1.165, 1.54) is 22.3 Å². The second-order valence-corrected chi connectivity index (χ2v) is 7.16. The monoisotopic (exact) mass is 362 g/mol. The minimum Gasteiger partial charge on any atom is -0.356 e. The van der Waals surface area contributed by atoms with Crippen molar-refractivity contribution in [1.29, 1.82) is 0 Å². The summed E-state index contributed by atoms with van der Waals surface area (Å²) < 4.78 is 13.5. The third-order valence-corrected chi connectivity index (χ3v) is 4.98. The Morgan fingerprint density at radius 1 is 1.40 bits per heavy atom. The van der Waals surface area contributed by atoms with Crippen molar-refractivity contribution in [1.82, 2.24) is 15.5 Å². The lowest BCUT2D eigenvalue weighted by Crippen LogP contribution is -2.33. The number of halogens is 1. The molecule has 1 N–H and O–H groups in total. The summed E-state index contributed by atoms with van der Waals surface area (Å²) >= 11 is 1.34. The molecule has 2 amide bonds. The summed E-state index contributed by atoms with van der Waals surface area (Å²) in [6, 6.07) is 6.63. The van der Waals surface area contributed by atoms with E-state index in [-0.39, 0.29) is 30.0 Å². The van der Waals surface area contributed by atoms with Crippen LogP contribution in [-0.4, -0.2) is 35.1 Å². The number of carbonyl (C=O) groups is 2. The minimum absolute atomic E-state index is 0.109. The molecule has 25 heavy (non-hydrogen) atoms. The van der Waals surface area contributed by atoms with Crippen LogP contribution >= 0.6 is 11.3 Å². The van der Waals surface area contributed by atoms with Gasteiger partial charge in [0.25, 0.3) is 0 Å². The molecule has 0 aliphatic carbocycles. The zero-order chi connectivity index (χ0) is 17.8. The smallest absolute Gasteiger partial charge is 0.229 e. The molecule has 1 fully saturated rings. The predicted octanol–water partition coefficient (Wildman–Crippen LogP) is 2.09. The van der Waals surface area contributed by atoms with Gasteiger partial charge in [0.2, 0.25) is 16.9 Å². The fraction of sp³-hybridized carbons (Fsp3) is 0.412. The van der Waals surface area contributed by atoms with E-state index in [9.17, 15) is 14.0 Å². The number of nitrogens with one attached hydrogen (secondary N) is 1. The van der Waals surface area contributed by atoms with Crippen molar-refractivity contribution >= 4 is 28.3 Å². The van der Waals surface area contributed by atoms with E-state index in [4.69, 9.17) is 0 Å². The Labute approximate surface area is 149 Å². The van der Waals surface area contributed by atoms with Crippen LogP contribution in [0, 0.1) is 18.7 Å². The van der Waals surface area contributed by atoms with Gasteiger partial charge >= 0.3 is 0 Å². The summed E-state index contributed by atoms with van der Waals surface area (Å²) in [5, 5.41) is 12.0. The quantitative estimate of drug-likeness (QED) is 0.799. The van der Waals surface area contributed by atoms with Gasteiger partial charge in [-0.1, -0.05) is 29.5 Å². The van der Waals surface area contributed by atoms with Gasteiger partial charge in [-0.25, -0.2) is 4.39 Å². The van der Waals surface area contributed by atoms with Crippen LogP contribution in [0.3, 0.4) is 0 Å². The summed E-state index contributed by atoms with van der Waals surface area (Å²) in [5.41, 5.74) is 0.644. The SMILES string of the molecule is Cc1nnc(N2CC(C(=O)NCCCc3ccccc3F)CC2=O)s1. The number of benzene rings is 1. The van der Waals surface area contributed by atoms with Gasteiger partial charge in [0, 0.05) is 19.5 Å². The Bertz CT molecular complexity index is 780. The highest BCUT2D eigenvalue weighted by Gasteiger charge is 2.36. The molecule has 3 rings (SSSR count). The van der Waals surface area contributed by atoms with Crippen LogP contribution in [-0.2, 0) is 16.0 Å². The first-order valence-electron chi connectivity index (χ1n) is 8.16. The van der Waals surface area contributed by atoms with Crippen molar-refractivity contribution in [3.05, 3.63) is 40.7 Å². The molecule has 1 aromatic heterocycles. The average Bonchev–Trinajstić information content (AvgIpc) is 3.18. The first-order chi connectivity index (χ1) is 12.0. The number of hydrogen-bond donors (Lipinski definition) is 1. The molecule has 1 saturated heterocycles. The first-order valence-corrected chi connectivity index (χ1v) is 8.98. The normalized spacial score (nSPS) is 17.1. The number of anilines is 1. The third-order valence-electron chi connectivity index (χ3n) is 4.12. The van der Waals surface area contributed by atoms with Crippen LogP contribution < -0.4 is 10.2 Å². The van der Waals surface area contributed by atoms with Gasteiger partial charge in [0.05, 0.1) is 5.92 Å². The fourth-order valence-corrected chi connectivity index (χ4v) is 3.51. The van der Waals surface area contributed by atoms with Crippen LogP contribution in [0.2, 0.25) is 0 Å². The van der Waals surface area contributed by atoms with Gasteiger partial charge in [-0.2, -0.15) is 0 Å². The Balaban J connectivity index is 1.46. The van der Waals surface area contributed by atoms with Crippen molar-refractivity contribution in [2.24, 2.45) is 5.92 Å². The number of carbonyl (C=O) groups excluding carboxylic acids is 2. The lowest BCUT2D eigenvalue weighted by Gasteiger charge is -2.12. The molecule has 8 heteroatoms. The molecule has 2 heterocycles. The molecular weight excluding hydrogens is 343 g/mol. The molecule has 132 valence electrons. The molecular formula is C17H19FN4O2S. The summed E-state index contributed by atoms with van der Waals surface area (Å²) in [7, 11) is 0. The number of hydrogen-bond acceptors (Lipinski definition) is 5. The molecule has 0 radical (unpaired) electrons. The van der Waals surface area contributed by atoms with Crippen LogP contribution in [0.25, 0.3) is 0 Å². The highest BCUT2D eigenvalue weighted by Crippen LogP contribution is 2.27. The van der Waals surface area contributed by atoms with Crippen molar-refractivity contribution in [3.63, 3.8) is 0 Å². The highest BCUT2D eigenvalue weighted by molar-refractivity contribution is 7.15. The molecule has 1 unspecified atom stereocenters. The van der Waals surface area contributed by atoms with Gasteiger partial charge in [-0.05, 0) is 31.4 Å². The van der Waals surface area contributed by atoms with Gasteiger partial charge in [-0.3, -0.25) is 14.5 Å². The van der Waals surface area contributed by atoms with Crippen LogP contribution in [0.15, 0.2) is 24.3 Å². The van der Waals surface area contributed by atoms with E-state index < -0.39 is 0 Å². The zero-order valence-corrected chi connectivity index (χ0v) is 14.7. The highest BCUT2D eigenvalue weighted by atomic mass is 32.1. The lowest BCUT2D eigenvalue weighted by molar-refractivity contribution is -0.126. The maximum absolute atomic E-state index is 13.5. The van der Waals surface area contributed by atoms with Crippen LogP contribution in [0.4, 0.5) is 9.52 Å². The van der Waals surface area contributed by atoms with E-state index in [0.29, 0.717) is 36.6 Å². The summed E-state index contributed by atoms with van der Waals surface area (Å²) in [4.78, 5) is 25.9. The van der Waals surface area contributed by atoms with E-state index in [2.05, 4.69) is 15.5 Å². The summed E-state index contributed by atoms with van der Waals surface area (Å²) in [6.07, 6.45) is 1.39. The molecule has 0 saturated carbocycles. The topological polar surface area (TPSA) is 75.2 Å². The van der Waals surface area contributed by atoms with Crippen LogP contribution in [0.5, 0.6) is 0 Å². The van der Waals surface area contributed by atoms with Gasteiger partial charge in [-0.15, -0.1) is 10.2 Å². The number of amides is 2. The van der Waals surface area contributed by atoms with E-state index in [1.54, 1.807) is 18.2 Å². The predicted molar refractivity (Wildman–Crippen MR) is 92.8 cm³/mol. The maximum Gasteiger partial charge on any atom is 0.229 e. The molecule has 1 aliphatic heterocycles. The molecule has 6 nitrogen and oxygen atoms in total. The van der Waals surface area contributed by atoms with E-state index in [0.717, 1.165) is 5.01 Å². The number of rotatable bonds is 6. The molecule has 1 aromatic carbocycles. The van der Waals surface area contributed by atoms with Gasteiger partial charge in [0.1, 0.15) is 10.8 Å². The second kappa shape index (κ2) is 7.69. The van der Waals surface area contributed by atoms with E-state index in [1.807, 2.05) is 6.92 Å². The zero-order valence-electron chi connectivity index (χ0n) is 13.9. The standard InChI is InChI=1S/C17H19FN4O2S/c1-11-20-21-17(25-11)22-10-13(9-15(22)23)16(24)19-8-4-6-12-5-2-3-7-14(12)18/h2-3,5,7,13H,4,6,8-10H2,1H3,(H,19,24). The van der Waals surface area contributed by atoms with Crippen molar-refractivity contribution in [2.45, 2.75) is 26.2 Å². The average molecular weight is 362 g/mol. The largest absolute Gasteiger partial charge is 0.356 e. The Kier molecular flexibility index (Phi) is 5.37. The second-order valence-electron chi connectivity index (χ2n) is 6.00. The molecule has 0 spiro atoms. The Morgan fingerprint density at radius 3 is 2.92 bits per heavy atom. The van der Waals surface area contributed by atoms with E-state index >= 15 is 0 Å². The molecule has 0 bridgehead atoms. The minimum atomic E-state index is -0.384. The number of aromatic nitrogens is 2. The maximum atomic E-state index is 13.5. The van der Waals surface area contributed by atoms with Crippen LogP contribution in [0.1, 0.15) is 23.4 Å². The summed E-state index contributed by atoms with van der Waals surface area (Å²) in [5.74, 6) is -0.864.